The summed E-state index contributed by atoms with van der Waals surface area (Å²) in [6.07, 6.45) is 1.97. The molecule has 30 heavy (non-hydrogen) atoms. The van der Waals surface area contributed by atoms with Gasteiger partial charge in [-0.25, -0.2) is 14.4 Å². The van der Waals surface area contributed by atoms with Gasteiger partial charge >= 0.3 is 0 Å². The summed E-state index contributed by atoms with van der Waals surface area (Å²) in [5.41, 5.74) is 9.03. The van der Waals surface area contributed by atoms with Crippen LogP contribution >= 0.6 is 22.9 Å². The smallest absolute Gasteiger partial charge is 0.216 e. The molecule has 11 heteroatoms. The fraction of sp³-hybridized carbons (Fsp3) is 0.158. The molecule has 0 fully saturated rings. The number of ether oxygens (including phenoxy) is 2. The fourth-order valence-corrected chi connectivity index (χ4v) is 2.87. The number of carbonyl (C=O) groups excluding carboxylic acids is 1. The Balaban J connectivity index is 0.000000222. The summed E-state index contributed by atoms with van der Waals surface area (Å²) >= 11 is 7.09. The van der Waals surface area contributed by atoms with Gasteiger partial charge in [0.05, 0.1) is 46.3 Å². The Bertz CT molecular complexity index is 1020. The van der Waals surface area contributed by atoms with Gasteiger partial charge < -0.3 is 20.5 Å². The van der Waals surface area contributed by atoms with Crippen LogP contribution in [0.4, 0.5) is 15.9 Å². The van der Waals surface area contributed by atoms with E-state index in [9.17, 15) is 9.18 Å². The van der Waals surface area contributed by atoms with Crippen LogP contribution in [-0.4, -0.2) is 36.3 Å². The molecule has 3 aromatic rings. The second kappa shape index (κ2) is 11.1. The summed E-state index contributed by atoms with van der Waals surface area (Å²) in [6.45, 7) is 0.153. The third-order valence-electron chi connectivity index (χ3n) is 3.72. The van der Waals surface area contributed by atoms with Gasteiger partial charge in [0.1, 0.15) is 12.4 Å². The van der Waals surface area contributed by atoms with E-state index in [4.69, 9.17) is 32.2 Å². The van der Waals surface area contributed by atoms with Gasteiger partial charge in [-0.15, -0.1) is 11.3 Å². The molecule has 4 N–H and O–H groups in total. The molecule has 0 unspecified atom stereocenters. The molecule has 3 rings (SSSR count). The van der Waals surface area contributed by atoms with Crippen LogP contribution in [0, 0.1) is 11.2 Å². The van der Waals surface area contributed by atoms with Crippen molar-refractivity contribution in [1.82, 2.24) is 9.97 Å². The van der Waals surface area contributed by atoms with E-state index in [2.05, 4.69) is 15.3 Å². The first-order valence-electron chi connectivity index (χ1n) is 8.40. The summed E-state index contributed by atoms with van der Waals surface area (Å²) in [7, 11) is 3.20. The Kier molecular flexibility index (Phi) is 8.51. The maximum atomic E-state index is 13.7. The maximum Gasteiger partial charge on any atom is 0.216 e. The topological polar surface area (TPSA) is 123 Å². The highest BCUT2D eigenvalue weighted by Gasteiger charge is 2.13. The molecule has 0 radical (unpaired) electrons. The van der Waals surface area contributed by atoms with Crippen molar-refractivity contribution in [3.63, 3.8) is 0 Å². The Labute approximate surface area is 181 Å². The van der Waals surface area contributed by atoms with Crippen LogP contribution < -0.4 is 15.8 Å². The van der Waals surface area contributed by atoms with Gasteiger partial charge in [-0.3, -0.25) is 10.2 Å². The SMILES string of the molecule is CNc1cnc(N)c(C(=N)OC)c1.O=Cc1c(Cl)ccc(OCc2cscn2)c1F. The number of nitrogen functional groups attached to an aromatic ring is 1. The number of pyridine rings is 1. The predicted molar refractivity (Wildman–Crippen MR) is 115 cm³/mol. The zero-order chi connectivity index (χ0) is 22.1. The van der Waals surface area contributed by atoms with Crippen LogP contribution in [0.3, 0.4) is 0 Å². The minimum Gasteiger partial charge on any atom is -0.484 e. The summed E-state index contributed by atoms with van der Waals surface area (Å²) < 4.78 is 23.7. The van der Waals surface area contributed by atoms with Gasteiger partial charge in [0.2, 0.25) is 5.90 Å². The number of benzene rings is 1. The summed E-state index contributed by atoms with van der Waals surface area (Å²) in [5.74, 6) is -0.444. The number of hydrogen-bond acceptors (Lipinski definition) is 9. The van der Waals surface area contributed by atoms with Crippen molar-refractivity contribution < 1.29 is 18.7 Å². The normalized spacial score (nSPS) is 9.87. The lowest BCUT2D eigenvalue weighted by Gasteiger charge is -2.07. The lowest BCUT2D eigenvalue weighted by molar-refractivity contribution is 0.111. The molecule has 1 aromatic carbocycles. The minimum atomic E-state index is -0.747. The van der Waals surface area contributed by atoms with Crippen molar-refractivity contribution in [2.45, 2.75) is 6.61 Å². The summed E-state index contributed by atoms with van der Waals surface area (Å²) in [5, 5.41) is 12.2. The monoisotopic (exact) mass is 451 g/mol. The highest BCUT2D eigenvalue weighted by Crippen LogP contribution is 2.26. The number of nitrogens with zero attached hydrogens (tertiary/aromatic N) is 2. The average molecular weight is 452 g/mol. The van der Waals surface area contributed by atoms with Gasteiger partial charge in [0, 0.05) is 12.4 Å². The quantitative estimate of drug-likeness (QED) is 0.294. The molecule has 0 aliphatic rings. The van der Waals surface area contributed by atoms with E-state index in [1.807, 2.05) is 0 Å². The van der Waals surface area contributed by atoms with E-state index in [0.717, 1.165) is 5.69 Å². The standard InChI is InChI=1S/C11H7ClFNO2S.C8H12N4O/c12-9-1-2-10(11(13)8(9)3-15)16-4-7-5-17-6-14-7;1-11-5-3-6(8(10)13-2)7(9)12-4-5/h1-3,5-6H,4H2;3-4,10-11H,1-2H3,(H2,9,12). The zero-order valence-corrected chi connectivity index (χ0v) is 17.7. The Morgan fingerprint density at radius 1 is 1.43 bits per heavy atom. The van der Waals surface area contributed by atoms with Crippen molar-refractivity contribution in [1.29, 1.82) is 5.41 Å². The molecule has 2 aromatic heterocycles. The van der Waals surface area contributed by atoms with Crippen molar-refractivity contribution in [2.24, 2.45) is 0 Å². The number of hydrogen-bond donors (Lipinski definition) is 3. The molecule has 0 amide bonds. The number of methoxy groups -OCH3 is 1. The van der Waals surface area contributed by atoms with Crippen LogP contribution in [0.5, 0.6) is 5.75 Å². The number of aldehydes is 1. The lowest BCUT2D eigenvalue weighted by Crippen LogP contribution is -2.08. The van der Waals surface area contributed by atoms with Gasteiger partial charge in [0.15, 0.2) is 17.9 Å². The third kappa shape index (κ3) is 5.88. The fourth-order valence-electron chi connectivity index (χ4n) is 2.13. The first kappa shape index (κ1) is 23.0. The molecule has 0 bridgehead atoms. The molecule has 0 atom stereocenters. The number of rotatable bonds is 6. The van der Waals surface area contributed by atoms with E-state index in [1.165, 1.54) is 30.6 Å². The molecular formula is C19H19ClFN5O3S. The largest absolute Gasteiger partial charge is 0.484 e. The second-order valence-corrected chi connectivity index (χ2v) is 6.73. The van der Waals surface area contributed by atoms with Crippen LogP contribution in [0.2, 0.25) is 5.02 Å². The molecule has 0 saturated heterocycles. The maximum absolute atomic E-state index is 13.7. The van der Waals surface area contributed by atoms with Crippen LogP contribution in [0.25, 0.3) is 0 Å². The molecule has 2 heterocycles. The number of thiazole rings is 1. The van der Waals surface area contributed by atoms with Crippen LogP contribution in [0.15, 0.2) is 35.3 Å². The molecule has 0 aliphatic heterocycles. The molecule has 158 valence electrons. The molecular weight excluding hydrogens is 433 g/mol. The van der Waals surface area contributed by atoms with Gasteiger partial charge in [-0.05, 0) is 18.2 Å². The number of carbonyl (C=O) groups is 1. The zero-order valence-electron chi connectivity index (χ0n) is 16.1. The Hall–Kier alpha value is -3.24. The number of anilines is 2. The van der Waals surface area contributed by atoms with Crippen molar-refractivity contribution in [3.8, 4) is 5.75 Å². The number of nitrogens with two attached hydrogens (primary N) is 1. The Morgan fingerprint density at radius 2 is 2.20 bits per heavy atom. The summed E-state index contributed by atoms with van der Waals surface area (Å²) in [6, 6.07) is 4.52. The summed E-state index contributed by atoms with van der Waals surface area (Å²) in [4.78, 5) is 18.6. The van der Waals surface area contributed by atoms with E-state index in [1.54, 1.807) is 30.2 Å². The van der Waals surface area contributed by atoms with Crippen LogP contribution in [0.1, 0.15) is 21.6 Å². The number of aromatic nitrogens is 2. The molecule has 0 spiro atoms. The molecule has 0 saturated carbocycles. The van der Waals surface area contributed by atoms with Gasteiger partial charge in [-0.1, -0.05) is 11.6 Å². The van der Waals surface area contributed by atoms with Crippen molar-refractivity contribution in [2.75, 3.05) is 25.2 Å². The molecule has 0 aliphatic carbocycles. The average Bonchev–Trinajstić information content (AvgIpc) is 3.27. The van der Waals surface area contributed by atoms with Gasteiger partial charge in [0.25, 0.3) is 0 Å². The van der Waals surface area contributed by atoms with Crippen molar-refractivity contribution in [3.05, 3.63) is 62.9 Å². The van der Waals surface area contributed by atoms with Crippen LogP contribution in [-0.2, 0) is 11.3 Å². The number of halogens is 2. The molecule has 8 nitrogen and oxygen atoms in total. The minimum absolute atomic E-state index is 0.00972. The van der Waals surface area contributed by atoms with E-state index >= 15 is 0 Å². The highest BCUT2D eigenvalue weighted by atomic mass is 35.5. The van der Waals surface area contributed by atoms with Crippen molar-refractivity contribution >= 4 is 46.6 Å². The number of nitrogens with one attached hydrogen (secondary N) is 2. The Morgan fingerprint density at radius 3 is 2.80 bits per heavy atom. The lowest BCUT2D eigenvalue weighted by atomic mass is 10.2. The highest BCUT2D eigenvalue weighted by molar-refractivity contribution is 7.07. The first-order valence-corrected chi connectivity index (χ1v) is 9.72. The third-order valence-corrected chi connectivity index (χ3v) is 4.69. The van der Waals surface area contributed by atoms with E-state index in [0.29, 0.717) is 23.4 Å². The second-order valence-electron chi connectivity index (χ2n) is 5.60. The first-order chi connectivity index (χ1) is 14.4. The predicted octanol–water partition coefficient (Wildman–Crippen LogP) is 4.00. The van der Waals surface area contributed by atoms with Gasteiger partial charge in [-0.2, -0.15) is 0 Å². The van der Waals surface area contributed by atoms with E-state index < -0.39 is 5.82 Å². The van der Waals surface area contributed by atoms with E-state index in [-0.39, 0.29) is 28.8 Å².